The van der Waals surface area contributed by atoms with Crippen LogP contribution in [-0.2, 0) is 4.74 Å². The van der Waals surface area contributed by atoms with Crippen LogP contribution in [0.2, 0.25) is 0 Å². The van der Waals surface area contributed by atoms with Crippen molar-refractivity contribution in [2.24, 2.45) is 0 Å². The zero-order chi connectivity index (χ0) is 18.2. The molecule has 0 saturated heterocycles. The smallest absolute Gasteiger partial charge is 0.426 e. The molecular formula is C17H19N3O5. The molecule has 0 aliphatic heterocycles. The standard InChI is InChI=1S/C17H19N3O5/c1-23-14-8-4-12(5-9-14)18-16(21)20(19-17(22)25-3)13-6-10-15(24-2)11-7-13/h4-11H,1-3H3,(H,18,21)(H,19,22). The molecule has 0 saturated carbocycles. The van der Waals surface area contributed by atoms with E-state index in [4.69, 9.17) is 9.47 Å². The summed E-state index contributed by atoms with van der Waals surface area (Å²) in [4.78, 5) is 24.1. The van der Waals surface area contributed by atoms with Crippen LogP contribution in [0.25, 0.3) is 0 Å². The molecule has 2 aromatic carbocycles. The van der Waals surface area contributed by atoms with Crippen molar-refractivity contribution < 1.29 is 23.8 Å². The van der Waals surface area contributed by atoms with Crippen LogP contribution in [0.3, 0.4) is 0 Å². The van der Waals surface area contributed by atoms with E-state index in [2.05, 4.69) is 15.5 Å². The lowest BCUT2D eigenvalue weighted by molar-refractivity contribution is 0.169. The van der Waals surface area contributed by atoms with Gasteiger partial charge in [-0.3, -0.25) is 0 Å². The lowest BCUT2D eigenvalue weighted by Crippen LogP contribution is -2.48. The van der Waals surface area contributed by atoms with Crippen molar-refractivity contribution in [1.29, 1.82) is 0 Å². The van der Waals surface area contributed by atoms with Crippen LogP contribution in [0.5, 0.6) is 11.5 Å². The number of ether oxygens (including phenoxy) is 3. The Hall–Kier alpha value is -3.42. The van der Waals surface area contributed by atoms with Gasteiger partial charge in [0.2, 0.25) is 0 Å². The van der Waals surface area contributed by atoms with Gasteiger partial charge in [-0.15, -0.1) is 0 Å². The van der Waals surface area contributed by atoms with Gasteiger partial charge in [0.05, 0.1) is 27.0 Å². The summed E-state index contributed by atoms with van der Waals surface area (Å²) in [7, 11) is 4.30. The first-order valence-electron chi connectivity index (χ1n) is 7.31. The van der Waals surface area contributed by atoms with Gasteiger partial charge in [0, 0.05) is 5.69 Å². The van der Waals surface area contributed by atoms with Crippen LogP contribution in [0.15, 0.2) is 48.5 Å². The second kappa shape index (κ2) is 8.44. The molecule has 0 radical (unpaired) electrons. The maximum Gasteiger partial charge on any atom is 0.426 e. The molecule has 3 amide bonds. The molecule has 0 fully saturated rings. The highest BCUT2D eigenvalue weighted by molar-refractivity contribution is 6.02. The maximum absolute atomic E-state index is 12.6. The molecule has 0 aliphatic rings. The van der Waals surface area contributed by atoms with Crippen LogP contribution < -0.4 is 25.2 Å². The molecule has 0 atom stereocenters. The predicted octanol–water partition coefficient (Wildman–Crippen LogP) is 3.01. The van der Waals surface area contributed by atoms with Gasteiger partial charge in [0.25, 0.3) is 0 Å². The van der Waals surface area contributed by atoms with Crippen LogP contribution in [0.4, 0.5) is 21.0 Å². The minimum Gasteiger partial charge on any atom is -0.497 e. The highest BCUT2D eigenvalue weighted by atomic mass is 16.5. The Morgan fingerprint density at radius 2 is 1.36 bits per heavy atom. The monoisotopic (exact) mass is 345 g/mol. The summed E-state index contributed by atoms with van der Waals surface area (Å²) in [5.74, 6) is 1.29. The van der Waals surface area contributed by atoms with E-state index in [9.17, 15) is 9.59 Å². The first kappa shape index (κ1) is 17.9. The molecule has 8 nitrogen and oxygen atoms in total. The largest absolute Gasteiger partial charge is 0.497 e. The van der Waals surface area contributed by atoms with Crippen LogP contribution in [0.1, 0.15) is 0 Å². The summed E-state index contributed by atoms with van der Waals surface area (Å²) in [6.45, 7) is 0. The van der Waals surface area contributed by atoms with Crippen molar-refractivity contribution in [3.63, 3.8) is 0 Å². The number of carbonyl (C=O) groups is 2. The first-order valence-corrected chi connectivity index (χ1v) is 7.31. The fourth-order valence-corrected chi connectivity index (χ4v) is 1.95. The Bertz CT molecular complexity index is 716. The summed E-state index contributed by atoms with van der Waals surface area (Å²) in [6, 6.07) is 12.8. The van der Waals surface area contributed by atoms with Gasteiger partial charge in [0.1, 0.15) is 11.5 Å². The summed E-state index contributed by atoms with van der Waals surface area (Å²) >= 11 is 0. The number of amides is 3. The van der Waals surface area contributed by atoms with Gasteiger partial charge < -0.3 is 19.5 Å². The van der Waals surface area contributed by atoms with Crippen molar-refractivity contribution >= 4 is 23.5 Å². The van der Waals surface area contributed by atoms with E-state index in [1.165, 1.54) is 14.2 Å². The fourth-order valence-electron chi connectivity index (χ4n) is 1.95. The van der Waals surface area contributed by atoms with E-state index in [-0.39, 0.29) is 0 Å². The topological polar surface area (TPSA) is 89.1 Å². The van der Waals surface area contributed by atoms with E-state index in [1.807, 2.05) is 0 Å². The van der Waals surface area contributed by atoms with Crippen LogP contribution >= 0.6 is 0 Å². The van der Waals surface area contributed by atoms with Gasteiger partial charge in [-0.25, -0.2) is 15.0 Å². The van der Waals surface area contributed by atoms with Gasteiger partial charge >= 0.3 is 12.1 Å². The van der Waals surface area contributed by atoms with E-state index >= 15 is 0 Å². The minimum absolute atomic E-state index is 0.428. The maximum atomic E-state index is 12.6. The van der Waals surface area contributed by atoms with E-state index in [1.54, 1.807) is 55.6 Å². The molecule has 0 aliphatic carbocycles. The normalized spacial score (nSPS) is 9.72. The Labute approximate surface area is 145 Å². The number of benzene rings is 2. The number of carbonyl (C=O) groups excluding carboxylic acids is 2. The molecule has 132 valence electrons. The molecule has 0 bridgehead atoms. The second-order valence-electron chi connectivity index (χ2n) is 4.80. The Morgan fingerprint density at radius 1 is 0.840 bits per heavy atom. The lowest BCUT2D eigenvalue weighted by Gasteiger charge is -2.23. The first-order chi connectivity index (χ1) is 12.1. The third-order valence-corrected chi connectivity index (χ3v) is 3.26. The highest BCUT2D eigenvalue weighted by Crippen LogP contribution is 2.20. The highest BCUT2D eigenvalue weighted by Gasteiger charge is 2.19. The fraction of sp³-hybridized carbons (Fsp3) is 0.176. The SMILES string of the molecule is COC(=O)NN(C(=O)Nc1ccc(OC)cc1)c1ccc(OC)cc1. The van der Waals surface area contributed by atoms with E-state index in [0.717, 1.165) is 5.01 Å². The number of rotatable bonds is 4. The molecule has 2 rings (SSSR count). The molecule has 2 N–H and O–H groups in total. The summed E-state index contributed by atoms with van der Waals surface area (Å²) < 4.78 is 14.7. The summed E-state index contributed by atoms with van der Waals surface area (Å²) in [5.41, 5.74) is 3.32. The molecule has 0 aromatic heterocycles. The average Bonchev–Trinajstić information content (AvgIpc) is 2.66. The second-order valence-corrected chi connectivity index (χ2v) is 4.80. The van der Waals surface area contributed by atoms with Crippen molar-refractivity contribution in [2.75, 3.05) is 31.7 Å². The number of nitrogens with one attached hydrogen (secondary N) is 2. The Morgan fingerprint density at radius 3 is 1.84 bits per heavy atom. The number of urea groups is 1. The minimum atomic E-state index is -0.777. The third kappa shape index (κ3) is 4.77. The van der Waals surface area contributed by atoms with Gasteiger partial charge in [0.15, 0.2) is 0 Å². The molecule has 8 heteroatoms. The Balaban J connectivity index is 2.20. The third-order valence-electron chi connectivity index (χ3n) is 3.26. The van der Waals surface area contributed by atoms with Crippen LogP contribution in [0, 0.1) is 0 Å². The summed E-state index contributed by atoms with van der Waals surface area (Å²) in [5, 5.41) is 3.72. The zero-order valence-electron chi connectivity index (χ0n) is 14.1. The average molecular weight is 345 g/mol. The number of hydrogen-bond donors (Lipinski definition) is 2. The number of hydrazine groups is 1. The predicted molar refractivity (Wildman–Crippen MR) is 93.0 cm³/mol. The van der Waals surface area contributed by atoms with Crippen molar-refractivity contribution in [1.82, 2.24) is 5.43 Å². The lowest BCUT2D eigenvalue weighted by atomic mass is 10.3. The number of methoxy groups -OCH3 is 3. The number of nitrogens with zero attached hydrogens (tertiary/aromatic N) is 1. The summed E-state index contributed by atoms with van der Waals surface area (Å²) in [6.07, 6.45) is -0.777. The Kier molecular flexibility index (Phi) is 6.05. The van der Waals surface area contributed by atoms with Gasteiger partial charge in [-0.2, -0.15) is 5.01 Å². The van der Waals surface area contributed by atoms with Gasteiger partial charge in [-0.1, -0.05) is 0 Å². The molecule has 2 aromatic rings. The van der Waals surface area contributed by atoms with Crippen molar-refractivity contribution in [3.05, 3.63) is 48.5 Å². The number of anilines is 2. The van der Waals surface area contributed by atoms with Gasteiger partial charge in [-0.05, 0) is 48.5 Å². The quantitative estimate of drug-likeness (QED) is 0.832. The van der Waals surface area contributed by atoms with Crippen LogP contribution in [-0.4, -0.2) is 33.5 Å². The van der Waals surface area contributed by atoms with E-state index in [0.29, 0.717) is 22.9 Å². The molecule has 25 heavy (non-hydrogen) atoms. The van der Waals surface area contributed by atoms with Crippen molar-refractivity contribution in [2.45, 2.75) is 0 Å². The molecular weight excluding hydrogens is 326 g/mol. The van der Waals surface area contributed by atoms with E-state index < -0.39 is 12.1 Å². The van der Waals surface area contributed by atoms with Crippen molar-refractivity contribution in [3.8, 4) is 11.5 Å². The zero-order valence-corrected chi connectivity index (χ0v) is 14.1. The molecule has 0 heterocycles. The number of hydrogen-bond acceptors (Lipinski definition) is 5. The molecule has 0 spiro atoms. The molecule has 0 unspecified atom stereocenters.